The summed E-state index contributed by atoms with van der Waals surface area (Å²) in [7, 11) is 0. The molecule has 0 fully saturated rings. The standard InChI is InChI=1S/C19H19N7S/c20-17-23-16(24-18(21)25-17)12-27-19-22-14-8-4-5-9-15(14)26(19)11-10-13-6-2-1-3-7-13/h1-9H,10-12H2,(H4,20,21,23,24,25). The van der Waals surface area contributed by atoms with Gasteiger partial charge in [0.1, 0.15) is 5.82 Å². The van der Waals surface area contributed by atoms with Crippen molar-refractivity contribution in [3.05, 3.63) is 66.0 Å². The van der Waals surface area contributed by atoms with Crippen molar-refractivity contribution in [2.75, 3.05) is 11.5 Å². The van der Waals surface area contributed by atoms with Crippen LogP contribution < -0.4 is 11.5 Å². The van der Waals surface area contributed by atoms with E-state index < -0.39 is 0 Å². The van der Waals surface area contributed by atoms with Crippen LogP contribution in [0.3, 0.4) is 0 Å². The maximum absolute atomic E-state index is 5.66. The van der Waals surface area contributed by atoms with Crippen LogP contribution in [0.1, 0.15) is 11.4 Å². The third-order valence-corrected chi connectivity index (χ3v) is 5.11. The van der Waals surface area contributed by atoms with Crippen molar-refractivity contribution in [3.8, 4) is 0 Å². The molecule has 27 heavy (non-hydrogen) atoms. The second kappa shape index (κ2) is 7.63. The van der Waals surface area contributed by atoms with Gasteiger partial charge in [-0.25, -0.2) is 4.98 Å². The molecule has 0 saturated heterocycles. The number of nitrogen functional groups attached to an aromatic ring is 2. The van der Waals surface area contributed by atoms with Crippen LogP contribution in [0.2, 0.25) is 0 Å². The zero-order chi connectivity index (χ0) is 18.6. The van der Waals surface area contributed by atoms with Crippen molar-refractivity contribution in [2.24, 2.45) is 0 Å². The Hall–Kier alpha value is -3.13. The van der Waals surface area contributed by atoms with E-state index >= 15 is 0 Å². The maximum atomic E-state index is 5.66. The monoisotopic (exact) mass is 377 g/mol. The van der Waals surface area contributed by atoms with Crippen molar-refractivity contribution in [1.82, 2.24) is 24.5 Å². The highest BCUT2D eigenvalue weighted by Crippen LogP contribution is 2.26. The van der Waals surface area contributed by atoms with Gasteiger partial charge in [0, 0.05) is 6.54 Å². The lowest BCUT2D eigenvalue weighted by atomic mass is 10.1. The molecule has 7 nitrogen and oxygen atoms in total. The number of para-hydroxylation sites is 2. The van der Waals surface area contributed by atoms with Crippen molar-refractivity contribution in [1.29, 1.82) is 0 Å². The van der Waals surface area contributed by atoms with Crippen molar-refractivity contribution >= 4 is 34.7 Å². The third-order valence-electron chi connectivity index (χ3n) is 4.13. The van der Waals surface area contributed by atoms with Gasteiger partial charge in [-0.3, -0.25) is 0 Å². The van der Waals surface area contributed by atoms with E-state index in [2.05, 4.69) is 49.9 Å². The van der Waals surface area contributed by atoms with Crippen molar-refractivity contribution in [3.63, 3.8) is 0 Å². The highest BCUT2D eigenvalue weighted by molar-refractivity contribution is 7.98. The Kier molecular flexibility index (Phi) is 4.88. The van der Waals surface area contributed by atoms with Crippen LogP contribution in [0.15, 0.2) is 59.8 Å². The van der Waals surface area contributed by atoms with E-state index in [4.69, 9.17) is 16.5 Å². The van der Waals surface area contributed by atoms with E-state index in [-0.39, 0.29) is 11.9 Å². The number of imidazole rings is 1. The summed E-state index contributed by atoms with van der Waals surface area (Å²) in [6.45, 7) is 0.842. The molecule has 4 rings (SSSR count). The summed E-state index contributed by atoms with van der Waals surface area (Å²) in [4.78, 5) is 16.9. The minimum atomic E-state index is 0.135. The molecule has 0 aliphatic rings. The molecule has 0 aliphatic heterocycles. The molecule has 0 radical (unpaired) electrons. The summed E-state index contributed by atoms with van der Waals surface area (Å²) >= 11 is 1.57. The molecule has 2 heterocycles. The van der Waals surface area contributed by atoms with Crippen LogP contribution in [-0.2, 0) is 18.7 Å². The first kappa shape index (κ1) is 17.3. The number of aryl methyl sites for hydroxylation is 2. The van der Waals surface area contributed by atoms with Gasteiger partial charge in [-0.1, -0.05) is 54.2 Å². The molecule has 0 spiro atoms. The summed E-state index contributed by atoms with van der Waals surface area (Å²) in [6.07, 6.45) is 0.931. The first-order valence-corrected chi connectivity index (χ1v) is 9.55. The fraction of sp³-hybridized carbons (Fsp3) is 0.158. The number of benzene rings is 2. The molecule has 0 aliphatic carbocycles. The summed E-state index contributed by atoms with van der Waals surface area (Å²) < 4.78 is 2.24. The van der Waals surface area contributed by atoms with Crippen molar-refractivity contribution in [2.45, 2.75) is 23.9 Å². The lowest BCUT2D eigenvalue weighted by molar-refractivity contribution is 0.652. The average molecular weight is 377 g/mol. The highest BCUT2D eigenvalue weighted by atomic mass is 32.2. The van der Waals surface area contributed by atoms with Crippen LogP contribution in [0.5, 0.6) is 0 Å². The number of fused-ring (bicyclic) bond motifs is 1. The number of hydrogen-bond acceptors (Lipinski definition) is 7. The second-order valence-corrected chi connectivity index (χ2v) is 6.97. The Labute approximate surface area is 160 Å². The van der Waals surface area contributed by atoms with E-state index in [1.54, 1.807) is 11.8 Å². The fourth-order valence-electron chi connectivity index (χ4n) is 2.92. The van der Waals surface area contributed by atoms with Crippen molar-refractivity contribution < 1.29 is 0 Å². The molecular weight excluding hydrogens is 358 g/mol. The van der Waals surface area contributed by atoms with Crippen LogP contribution in [0, 0.1) is 0 Å². The zero-order valence-corrected chi connectivity index (χ0v) is 15.4. The number of nitrogens with two attached hydrogens (primary N) is 2. The molecule has 2 aromatic carbocycles. The van der Waals surface area contributed by atoms with E-state index in [0.717, 1.165) is 29.2 Å². The van der Waals surface area contributed by atoms with E-state index in [0.29, 0.717) is 11.6 Å². The van der Waals surface area contributed by atoms with E-state index in [9.17, 15) is 0 Å². The average Bonchev–Trinajstić information content (AvgIpc) is 3.02. The van der Waals surface area contributed by atoms with E-state index in [1.807, 2.05) is 24.3 Å². The van der Waals surface area contributed by atoms with Gasteiger partial charge in [0.05, 0.1) is 16.8 Å². The first-order valence-electron chi connectivity index (χ1n) is 8.57. The van der Waals surface area contributed by atoms with Crippen LogP contribution >= 0.6 is 11.8 Å². The van der Waals surface area contributed by atoms with Gasteiger partial charge in [-0.2, -0.15) is 15.0 Å². The summed E-state index contributed by atoms with van der Waals surface area (Å²) in [5.41, 5.74) is 14.7. The van der Waals surface area contributed by atoms with Crippen LogP contribution in [-0.4, -0.2) is 24.5 Å². The molecule has 0 unspecified atom stereocenters. The molecule has 8 heteroatoms. The molecule has 0 amide bonds. The second-order valence-electron chi connectivity index (χ2n) is 6.03. The predicted molar refractivity (Wildman–Crippen MR) is 108 cm³/mol. The number of anilines is 2. The minimum Gasteiger partial charge on any atom is -0.368 e. The Bertz CT molecular complexity index is 1040. The third kappa shape index (κ3) is 4.01. The Morgan fingerprint density at radius 2 is 1.52 bits per heavy atom. The van der Waals surface area contributed by atoms with Crippen LogP contribution in [0.4, 0.5) is 11.9 Å². The predicted octanol–water partition coefficient (Wildman–Crippen LogP) is 2.92. The molecule has 0 bridgehead atoms. The number of nitrogens with zero attached hydrogens (tertiary/aromatic N) is 5. The minimum absolute atomic E-state index is 0.135. The lowest BCUT2D eigenvalue weighted by Gasteiger charge is -2.09. The summed E-state index contributed by atoms with van der Waals surface area (Å²) in [6, 6.07) is 18.6. The van der Waals surface area contributed by atoms with Crippen LogP contribution in [0.25, 0.3) is 11.0 Å². The molecule has 2 aromatic heterocycles. The van der Waals surface area contributed by atoms with Gasteiger partial charge in [0.15, 0.2) is 5.16 Å². The molecule has 4 N–H and O–H groups in total. The van der Waals surface area contributed by atoms with Gasteiger partial charge < -0.3 is 16.0 Å². The number of thioether (sulfide) groups is 1. The zero-order valence-electron chi connectivity index (χ0n) is 14.6. The van der Waals surface area contributed by atoms with Gasteiger partial charge >= 0.3 is 0 Å². The van der Waals surface area contributed by atoms with Gasteiger partial charge in [-0.15, -0.1) is 0 Å². The maximum Gasteiger partial charge on any atom is 0.225 e. The molecule has 136 valence electrons. The highest BCUT2D eigenvalue weighted by Gasteiger charge is 2.12. The lowest BCUT2D eigenvalue weighted by Crippen LogP contribution is -2.07. The summed E-state index contributed by atoms with van der Waals surface area (Å²) in [5.74, 6) is 1.34. The normalized spacial score (nSPS) is 11.1. The quantitative estimate of drug-likeness (QED) is 0.497. The number of hydrogen-bond donors (Lipinski definition) is 2. The molecule has 0 saturated carbocycles. The summed E-state index contributed by atoms with van der Waals surface area (Å²) in [5, 5.41) is 0.921. The topological polar surface area (TPSA) is 109 Å². The number of rotatable bonds is 6. The van der Waals surface area contributed by atoms with Gasteiger partial charge in [0.2, 0.25) is 11.9 Å². The smallest absolute Gasteiger partial charge is 0.225 e. The molecule has 4 aromatic rings. The fourth-order valence-corrected chi connectivity index (χ4v) is 3.81. The largest absolute Gasteiger partial charge is 0.368 e. The first-order chi connectivity index (χ1) is 13.2. The molecule has 0 atom stereocenters. The SMILES string of the molecule is Nc1nc(N)nc(CSc2nc3ccccc3n2CCc2ccccc2)n1. The van der Waals surface area contributed by atoms with E-state index in [1.165, 1.54) is 5.56 Å². The Morgan fingerprint density at radius 3 is 2.30 bits per heavy atom. The Balaban J connectivity index is 1.59. The molecular formula is C19H19N7S. The number of aromatic nitrogens is 5. The Morgan fingerprint density at radius 1 is 0.815 bits per heavy atom. The van der Waals surface area contributed by atoms with Gasteiger partial charge in [0.25, 0.3) is 0 Å². The van der Waals surface area contributed by atoms with Gasteiger partial charge in [-0.05, 0) is 24.1 Å².